The van der Waals surface area contributed by atoms with Crippen molar-refractivity contribution in [1.29, 1.82) is 0 Å². The molecule has 198 valence electrons. The van der Waals surface area contributed by atoms with Crippen molar-refractivity contribution < 1.29 is 34.0 Å². The van der Waals surface area contributed by atoms with Crippen molar-refractivity contribution in [2.45, 2.75) is 101 Å². The van der Waals surface area contributed by atoms with Crippen molar-refractivity contribution >= 4 is 11.9 Å². The van der Waals surface area contributed by atoms with E-state index in [2.05, 4.69) is 20.4 Å². The molecule has 2 spiro atoms. The first kappa shape index (κ1) is 23.0. The molecule has 37 heavy (non-hydrogen) atoms. The Balaban J connectivity index is 1.29. The standard InChI is InChI=1S/C30H36O7/c1-13-10-18(31)30-19(13)23-17(7-9-28(30,5)37-30)29(25(33)36-23)12-15-11-26(29,3)21-20(15)27(4,34)8-6-16-14(2)24(32)35-22(16)21/h10,15-19,22-23,31,34H,2,6-9,11-12H2,1,3-5H3/t15-,16-,17+,18-,19+,22-,23-,26+,27-,28-,29-,30+/m0/s1. The Morgan fingerprint density at radius 3 is 2.57 bits per heavy atom. The quantitative estimate of drug-likeness (QED) is 0.224. The van der Waals surface area contributed by atoms with Gasteiger partial charge in [0.1, 0.15) is 23.9 Å². The lowest BCUT2D eigenvalue weighted by Crippen LogP contribution is -2.51. The van der Waals surface area contributed by atoms with Crippen molar-refractivity contribution in [2.24, 2.45) is 34.5 Å². The molecule has 3 saturated heterocycles. The van der Waals surface area contributed by atoms with Gasteiger partial charge in [0.15, 0.2) is 0 Å². The number of carbonyl (C=O) groups excluding carboxylic acids is 2. The molecule has 0 unspecified atom stereocenters. The molecule has 0 radical (unpaired) electrons. The average molecular weight is 509 g/mol. The SMILES string of the molecule is C=C1C(=O)O[C@@H]2C3=C([C@H]4C[C@@]3(C)[C@]3(C4)C(=O)O[C@@H]4[C@H]5C(C)=C[C@H](O)[C@@]56O[C@@]6(C)CC[C@H]43)[C@@](C)(O)CC[C@@H]12. The lowest BCUT2D eigenvalue weighted by atomic mass is 9.53. The third kappa shape index (κ3) is 2.20. The van der Waals surface area contributed by atoms with Gasteiger partial charge in [0, 0.05) is 22.8 Å². The number of ether oxygens (including phenoxy) is 3. The molecule has 0 aromatic heterocycles. The van der Waals surface area contributed by atoms with Gasteiger partial charge in [-0.3, -0.25) is 4.79 Å². The summed E-state index contributed by atoms with van der Waals surface area (Å²) in [5.74, 6) is -0.889. The third-order valence-electron chi connectivity index (χ3n) is 12.5. The summed E-state index contributed by atoms with van der Waals surface area (Å²) in [6, 6.07) is 0. The molecule has 0 amide bonds. The van der Waals surface area contributed by atoms with Crippen LogP contribution in [0, 0.1) is 34.5 Å². The van der Waals surface area contributed by atoms with E-state index in [1.165, 1.54) is 0 Å². The number of aliphatic hydroxyl groups is 2. The molecule has 7 heteroatoms. The number of epoxide rings is 1. The van der Waals surface area contributed by atoms with Crippen molar-refractivity contribution in [3.8, 4) is 0 Å². The minimum Gasteiger partial charge on any atom is -0.461 e. The van der Waals surface area contributed by atoms with Crippen LogP contribution in [0.3, 0.4) is 0 Å². The van der Waals surface area contributed by atoms with Crippen molar-refractivity contribution in [3.05, 3.63) is 34.9 Å². The number of esters is 2. The van der Waals surface area contributed by atoms with Gasteiger partial charge in [-0.15, -0.1) is 0 Å². The van der Waals surface area contributed by atoms with Crippen LogP contribution in [-0.4, -0.2) is 57.3 Å². The number of rotatable bonds is 0. The Morgan fingerprint density at radius 1 is 1.05 bits per heavy atom. The van der Waals surface area contributed by atoms with Crippen LogP contribution in [-0.2, 0) is 23.8 Å². The fraction of sp³-hybridized carbons (Fsp3) is 0.733. The molecule has 0 aromatic carbocycles. The van der Waals surface area contributed by atoms with Crippen LogP contribution in [0.15, 0.2) is 34.9 Å². The lowest BCUT2D eigenvalue weighted by Gasteiger charge is -2.48. The molecule has 2 saturated carbocycles. The van der Waals surface area contributed by atoms with E-state index in [0.29, 0.717) is 24.8 Å². The highest BCUT2D eigenvalue weighted by molar-refractivity contribution is 5.92. The second kappa shape index (κ2) is 6.26. The summed E-state index contributed by atoms with van der Waals surface area (Å²) in [5.41, 5.74) is -0.0659. The highest BCUT2D eigenvalue weighted by atomic mass is 16.6. The third-order valence-corrected chi connectivity index (χ3v) is 12.5. The first-order chi connectivity index (χ1) is 17.3. The van der Waals surface area contributed by atoms with Gasteiger partial charge >= 0.3 is 11.9 Å². The maximum absolute atomic E-state index is 14.2. The van der Waals surface area contributed by atoms with Crippen molar-refractivity contribution in [2.75, 3.05) is 0 Å². The van der Waals surface area contributed by atoms with E-state index < -0.39 is 39.8 Å². The zero-order valence-electron chi connectivity index (χ0n) is 22.0. The van der Waals surface area contributed by atoms with Gasteiger partial charge in [-0.2, -0.15) is 0 Å². The fourth-order valence-corrected chi connectivity index (χ4v) is 11.0. The Bertz CT molecular complexity index is 1280. The minimum atomic E-state index is -1.01. The van der Waals surface area contributed by atoms with E-state index in [0.717, 1.165) is 36.0 Å². The summed E-state index contributed by atoms with van der Waals surface area (Å²) in [7, 11) is 0. The van der Waals surface area contributed by atoms with E-state index >= 15 is 0 Å². The summed E-state index contributed by atoms with van der Waals surface area (Å²) < 4.78 is 18.7. The van der Waals surface area contributed by atoms with E-state index in [9.17, 15) is 19.8 Å². The Hall–Kier alpha value is -1.96. The molecule has 3 heterocycles. The molecule has 0 aromatic rings. The summed E-state index contributed by atoms with van der Waals surface area (Å²) in [5, 5.41) is 22.8. The normalized spacial score (nSPS) is 58.7. The number of hydrogen-bond acceptors (Lipinski definition) is 7. The monoisotopic (exact) mass is 508 g/mol. The van der Waals surface area contributed by atoms with E-state index in [1.807, 2.05) is 19.9 Å². The van der Waals surface area contributed by atoms with Crippen molar-refractivity contribution in [1.82, 2.24) is 0 Å². The van der Waals surface area contributed by atoms with E-state index in [-0.39, 0.29) is 41.7 Å². The highest BCUT2D eigenvalue weighted by Gasteiger charge is 2.83. The Labute approximate surface area is 216 Å². The second-order valence-electron chi connectivity index (χ2n) is 14.0. The van der Waals surface area contributed by atoms with Gasteiger partial charge in [-0.05, 0) is 76.4 Å². The smallest absolute Gasteiger partial charge is 0.334 e. The Kier molecular flexibility index (Phi) is 3.89. The topological polar surface area (TPSA) is 106 Å². The molecule has 5 fully saturated rings. The molecule has 7 nitrogen and oxygen atoms in total. The number of hydrogen-bond donors (Lipinski definition) is 2. The fourth-order valence-electron chi connectivity index (χ4n) is 11.0. The zero-order valence-corrected chi connectivity index (χ0v) is 22.0. The first-order valence-electron chi connectivity index (χ1n) is 14.0. The average Bonchev–Trinajstić information content (AvgIpc) is 3.07. The maximum atomic E-state index is 14.2. The van der Waals surface area contributed by atoms with Gasteiger partial charge in [0.2, 0.25) is 0 Å². The predicted octanol–water partition coefficient (Wildman–Crippen LogP) is 3.14. The van der Waals surface area contributed by atoms with Crippen LogP contribution in [0.25, 0.3) is 0 Å². The summed E-state index contributed by atoms with van der Waals surface area (Å²) in [4.78, 5) is 26.9. The van der Waals surface area contributed by atoms with Crippen LogP contribution in [0.2, 0.25) is 0 Å². The van der Waals surface area contributed by atoms with Gasteiger partial charge in [0.05, 0.1) is 22.5 Å². The van der Waals surface area contributed by atoms with Crippen LogP contribution >= 0.6 is 0 Å². The molecular formula is C30H36O7. The van der Waals surface area contributed by atoms with Crippen LogP contribution in [0.1, 0.15) is 66.2 Å². The van der Waals surface area contributed by atoms with Crippen LogP contribution in [0.4, 0.5) is 0 Å². The van der Waals surface area contributed by atoms with Crippen LogP contribution < -0.4 is 0 Å². The first-order valence-corrected chi connectivity index (χ1v) is 14.0. The lowest BCUT2D eigenvalue weighted by molar-refractivity contribution is -0.154. The molecule has 3 aliphatic heterocycles. The van der Waals surface area contributed by atoms with Gasteiger partial charge in [0.25, 0.3) is 0 Å². The van der Waals surface area contributed by atoms with Gasteiger partial charge < -0.3 is 24.4 Å². The summed E-state index contributed by atoms with van der Waals surface area (Å²) in [6.45, 7) is 12.2. The van der Waals surface area contributed by atoms with Crippen molar-refractivity contribution in [3.63, 3.8) is 0 Å². The van der Waals surface area contributed by atoms with Crippen LogP contribution in [0.5, 0.6) is 0 Å². The van der Waals surface area contributed by atoms with Gasteiger partial charge in [-0.1, -0.05) is 25.2 Å². The van der Waals surface area contributed by atoms with E-state index in [1.54, 1.807) is 0 Å². The molecule has 5 aliphatic carbocycles. The maximum Gasteiger partial charge on any atom is 0.334 e. The Morgan fingerprint density at radius 2 is 1.81 bits per heavy atom. The summed E-state index contributed by atoms with van der Waals surface area (Å²) >= 11 is 0. The molecule has 12 atom stereocenters. The number of fused-ring (bicyclic) bond motifs is 10. The number of carbonyl (C=O) groups is 2. The number of aliphatic hydroxyl groups excluding tert-OH is 1. The van der Waals surface area contributed by atoms with E-state index in [4.69, 9.17) is 14.2 Å². The second-order valence-corrected chi connectivity index (χ2v) is 14.0. The molecule has 2 N–H and O–H groups in total. The minimum absolute atomic E-state index is 0.0389. The zero-order chi connectivity index (χ0) is 26.1. The highest BCUT2D eigenvalue weighted by Crippen LogP contribution is 2.78. The molecular weight excluding hydrogens is 472 g/mol. The molecule has 2 bridgehead atoms. The molecule has 8 aliphatic rings. The predicted molar refractivity (Wildman–Crippen MR) is 131 cm³/mol. The molecule has 8 rings (SSSR count). The van der Waals surface area contributed by atoms with Gasteiger partial charge in [-0.25, -0.2) is 4.79 Å². The largest absolute Gasteiger partial charge is 0.461 e. The summed E-state index contributed by atoms with van der Waals surface area (Å²) in [6.07, 6.45) is 4.42.